The van der Waals surface area contributed by atoms with Gasteiger partial charge < -0.3 is 19.0 Å². The molecule has 0 atom stereocenters. The fourth-order valence-corrected chi connectivity index (χ4v) is 1.81. The number of carboxylic acid groups (broad SMARTS) is 1. The number of hydrogen-bond acceptors (Lipinski definition) is 5. The fourth-order valence-electron chi connectivity index (χ4n) is 1.81. The molecule has 92 valence electrons. The van der Waals surface area contributed by atoms with Crippen LogP contribution in [0.5, 0.6) is 11.5 Å². The lowest BCUT2D eigenvalue weighted by molar-refractivity contribution is 0.0689. The third kappa shape index (κ3) is 1.50. The average Bonchev–Trinajstić information content (AvgIpc) is 2.94. The predicted octanol–water partition coefficient (Wildman–Crippen LogP) is 2.08. The van der Waals surface area contributed by atoms with Crippen molar-refractivity contribution in [2.45, 2.75) is 6.92 Å². The van der Waals surface area contributed by atoms with Crippen LogP contribution in [0.25, 0.3) is 11.5 Å². The van der Waals surface area contributed by atoms with Gasteiger partial charge in [0.25, 0.3) is 0 Å². The first-order valence-electron chi connectivity index (χ1n) is 5.26. The Morgan fingerprint density at radius 3 is 2.94 bits per heavy atom. The summed E-state index contributed by atoms with van der Waals surface area (Å²) >= 11 is 0. The third-order valence-electron chi connectivity index (χ3n) is 2.63. The second-order valence-electron chi connectivity index (χ2n) is 3.77. The fraction of sp³-hybridized carbons (Fsp3) is 0.167. The number of aromatic nitrogens is 1. The molecule has 1 aromatic heterocycles. The lowest BCUT2D eigenvalue weighted by atomic mass is 10.2. The maximum Gasteiger partial charge on any atom is 0.358 e. The van der Waals surface area contributed by atoms with E-state index in [4.69, 9.17) is 19.0 Å². The van der Waals surface area contributed by atoms with Gasteiger partial charge in [-0.3, -0.25) is 0 Å². The minimum absolute atomic E-state index is 0.0958. The smallest absolute Gasteiger partial charge is 0.358 e. The molecule has 0 aliphatic carbocycles. The molecule has 0 radical (unpaired) electrons. The predicted molar refractivity (Wildman–Crippen MR) is 59.8 cm³/mol. The van der Waals surface area contributed by atoms with Gasteiger partial charge in [0.2, 0.25) is 12.7 Å². The Balaban J connectivity index is 2.13. The number of para-hydroxylation sites is 1. The van der Waals surface area contributed by atoms with Crippen LogP contribution >= 0.6 is 0 Å². The number of oxazole rings is 1. The monoisotopic (exact) mass is 247 g/mol. The van der Waals surface area contributed by atoms with Crippen molar-refractivity contribution in [3.05, 3.63) is 29.7 Å². The minimum atomic E-state index is -1.12. The molecule has 0 amide bonds. The summed E-state index contributed by atoms with van der Waals surface area (Å²) in [5.41, 5.74) is 0.488. The summed E-state index contributed by atoms with van der Waals surface area (Å²) in [4.78, 5) is 14.9. The molecule has 0 unspecified atom stereocenters. The van der Waals surface area contributed by atoms with E-state index in [9.17, 15) is 4.79 Å². The van der Waals surface area contributed by atoms with Crippen molar-refractivity contribution in [2.75, 3.05) is 6.79 Å². The van der Waals surface area contributed by atoms with E-state index in [-0.39, 0.29) is 24.1 Å². The van der Waals surface area contributed by atoms with Gasteiger partial charge >= 0.3 is 5.97 Å². The molecule has 1 aliphatic rings. The second kappa shape index (κ2) is 3.76. The van der Waals surface area contributed by atoms with E-state index < -0.39 is 5.97 Å². The Hall–Kier alpha value is -2.50. The van der Waals surface area contributed by atoms with Gasteiger partial charge in [0.1, 0.15) is 5.76 Å². The van der Waals surface area contributed by atoms with Crippen molar-refractivity contribution < 1.29 is 23.8 Å². The molecule has 6 heteroatoms. The van der Waals surface area contributed by atoms with Crippen molar-refractivity contribution in [1.82, 2.24) is 4.98 Å². The van der Waals surface area contributed by atoms with Crippen molar-refractivity contribution in [2.24, 2.45) is 0 Å². The Labute approximate surface area is 102 Å². The molecule has 6 nitrogen and oxygen atoms in total. The summed E-state index contributed by atoms with van der Waals surface area (Å²) in [6.07, 6.45) is 0. The van der Waals surface area contributed by atoms with E-state index in [2.05, 4.69) is 4.98 Å². The average molecular weight is 247 g/mol. The molecule has 0 bridgehead atoms. The van der Waals surface area contributed by atoms with Gasteiger partial charge in [-0.2, -0.15) is 0 Å². The summed E-state index contributed by atoms with van der Waals surface area (Å²) in [5, 5.41) is 8.94. The zero-order chi connectivity index (χ0) is 12.7. The number of rotatable bonds is 2. The van der Waals surface area contributed by atoms with E-state index in [1.807, 2.05) is 0 Å². The number of carboxylic acids is 1. The van der Waals surface area contributed by atoms with E-state index in [0.29, 0.717) is 17.1 Å². The highest BCUT2D eigenvalue weighted by Crippen LogP contribution is 2.41. The minimum Gasteiger partial charge on any atom is -0.476 e. The molecular weight excluding hydrogens is 238 g/mol. The van der Waals surface area contributed by atoms with Crippen molar-refractivity contribution >= 4 is 5.97 Å². The molecule has 2 aromatic rings. The zero-order valence-electron chi connectivity index (χ0n) is 9.47. The standard InChI is InChI=1S/C12H9NO5/c1-6-9(12(14)15)13-11(18-6)7-3-2-4-8-10(7)17-5-16-8/h2-4H,5H2,1H3,(H,14,15). The number of aryl methyl sites for hydroxylation is 1. The van der Waals surface area contributed by atoms with Crippen LogP contribution < -0.4 is 9.47 Å². The van der Waals surface area contributed by atoms with Crippen molar-refractivity contribution in [3.63, 3.8) is 0 Å². The van der Waals surface area contributed by atoms with Crippen LogP contribution in [-0.2, 0) is 0 Å². The Bertz CT molecular complexity index is 631. The highest BCUT2D eigenvalue weighted by molar-refractivity contribution is 5.87. The van der Waals surface area contributed by atoms with Crippen molar-refractivity contribution in [3.8, 4) is 23.0 Å². The number of ether oxygens (including phenoxy) is 2. The molecule has 0 saturated carbocycles. The molecule has 0 spiro atoms. The van der Waals surface area contributed by atoms with Gasteiger partial charge in [-0.05, 0) is 19.1 Å². The topological polar surface area (TPSA) is 81.8 Å². The summed E-state index contributed by atoms with van der Waals surface area (Å²) in [7, 11) is 0. The number of hydrogen-bond donors (Lipinski definition) is 1. The first-order chi connectivity index (χ1) is 8.66. The summed E-state index contributed by atoms with van der Waals surface area (Å²) < 4.78 is 15.9. The largest absolute Gasteiger partial charge is 0.476 e. The third-order valence-corrected chi connectivity index (χ3v) is 2.63. The van der Waals surface area contributed by atoms with Crippen LogP contribution in [0.15, 0.2) is 22.6 Å². The first-order valence-corrected chi connectivity index (χ1v) is 5.26. The van der Waals surface area contributed by atoms with E-state index in [1.54, 1.807) is 25.1 Å². The molecule has 1 aromatic carbocycles. The van der Waals surface area contributed by atoms with Crippen LogP contribution in [0.3, 0.4) is 0 Å². The number of benzene rings is 1. The molecule has 0 saturated heterocycles. The van der Waals surface area contributed by atoms with Gasteiger partial charge in [0.15, 0.2) is 17.2 Å². The highest BCUT2D eigenvalue weighted by Gasteiger charge is 2.24. The molecular formula is C12H9NO5. The number of aromatic carboxylic acids is 1. The Morgan fingerprint density at radius 2 is 2.22 bits per heavy atom. The quantitative estimate of drug-likeness (QED) is 0.874. The number of nitrogens with zero attached hydrogens (tertiary/aromatic N) is 1. The number of fused-ring (bicyclic) bond motifs is 1. The van der Waals surface area contributed by atoms with Gasteiger partial charge in [-0.15, -0.1) is 0 Å². The molecule has 1 aliphatic heterocycles. The lowest BCUT2D eigenvalue weighted by Crippen LogP contribution is -1.98. The normalized spacial score (nSPS) is 12.7. The van der Waals surface area contributed by atoms with Crippen LogP contribution in [0.4, 0.5) is 0 Å². The number of carbonyl (C=O) groups is 1. The van der Waals surface area contributed by atoms with E-state index in [1.165, 1.54) is 0 Å². The maximum absolute atomic E-state index is 10.9. The summed E-state index contributed by atoms with van der Waals surface area (Å²) in [5.74, 6) is 0.476. The Kier molecular flexibility index (Phi) is 2.22. The first kappa shape index (κ1) is 10.6. The van der Waals surface area contributed by atoms with Crippen LogP contribution in [-0.4, -0.2) is 22.9 Å². The summed E-state index contributed by atoms with van der Waals surface area (Å²) in [6.45, 7) is 1.69. The lowest BCUT2D eigenvalue weighted by Gasteiger charge is -2.00. The SMILES string of the molecule is Cc1oc(-c2cccc3c2OCO3)nc1C(=O)O. The van der Waals surface area contributed by atoms with Gasteiger partial charge in [0.05, 0.1) is 5.56 Å². The Morgan fingerprint density at radius 1 is 1.39 bits per heavy atom. The molecule has 3 rings (SSSR count). The van der Waals surface area contributed by atoms with E-state index >= 15 is 0 Å². The van der Waals surface area contributed by atoms with Crippen LogP contribution in [0.1, 0.15) is 16.2 Å². The highest BCUT2D eigenvalue weighted by atomic mass is 16.7. The molecule has 1 N–H and O–H groups in total. The maximum atomic E-state index is 10.9. The molecule has 18 heavy (non-hydrogen) atoms. The van der Waals surface area contributed by atoms with Gasteiger partial charge in [-0.1, -0.05) is 6.07 Å². The zero-order valence-corrected chi connectivity index (χ0v) is 9.47. The molecule has 0 fully saturated rings. The van der Waals surface area contributed by atoms with Crippen LogP contribution in [0, 0.1) is 6.92 Å². The summed E-state index contributed by atoms with van der Waals surface area (Å²) in [6, 6.07) is 5.27. The van der Waals surface area contributed by atoms with Crippen molar-refractivity contribution in [1.29, 1.82) is 0 Å². The van der Waals surface area contributed by atoms with Gasteiger partial charge in [-0.25, -0.2) is 9.78 Å². The van der Waals surface area contributed by atoms with Gasteiger partial charge in [0, 0.05) is 0 Å². The van der Waals surface area contributed by atoms with E-state index in [0.717, 1.165) is 0 Å². The van der Waals surface area contributed by atoms with Crippen LogP contribution in [0.2, 0.25) is 0 Å². The molecule has 2 heterocycles. The second-order valence-corrected chi connectivity index (χ2v) is 3.77.